The molecule has 0 fully saturated rings. The first-order valence-corrected chi connectivity index (χ1v) is 6.95. The van der Waals surface area contributed by atoms with Gasteiger partial charge in [0.15, 0.2) is 0 Å². The van der Waals surface area contributed by atoms with Crippen LogP contribution in [0.5, 0.6) is 0 Å². The molecular weight excluding hydrogens is 294 g/mol. The molecule has 0 radical (unpaired) electrons. The first-order valence-electron chi connectivity index (χ1n) is 6.16. The molecule has 1 unspecified atom stereocenters. The van der Waals surface area contributed by atoms with E-state index in [0.29, 0.717) is 0 Å². The van der Waals surface area contributed by atoms with E-state index < -0.39 is 0 Å². The first kappa shape index (κ1) is 13.4. The largest absolute Gasteiger partial charge is 0.466 e. The molecule has 0 aliphatic heterocycles. The summed E-state index contributed by atoms with van der Waals surface area (Å²) < 4.78 is 8.48. The van der Waals surface area contributed by atoms with Gasteiger partial charge in [-0.05, 0) is 41.0 Å². The summed E-state index contributed by atoms with van der Waals surface area (Å²) in [6.07, 6.45) is 2.63. The summed E-state index contributed by atoms with van der Waals surface area (Å²) in [5.74, 6) is 0.891. The highest BCUT2D eigenvalue weighted by molar-refractivity contribution is 9.10. The van der Waals surface area contributed by atoms with Crippen LogP contribution in [0.4, 0.5) is 0 Å². The summed E-state index contributed by atoms with van der Waals surface area (Å²) >= 11 is 3.52. The zero-order valence-electron chi connectivity index (χ0n) is 10.9. The average Bonchev–Trinajstić information content (AvgIpc) is 2.93. The highest BCUT2D eigenvalue weighted by atomic mass is 79.9. The van der Waals surface area contributed by atoms with Crippen LogP contribution >= 0.6 is 15.9 Å². The Morgan fingerprint density at radius 2 is 2.28 bits per heavy atom. The smallest absolute Gasteiger partial charge is 0.140 e. The fraction of sp³-hybridized carbons (Fsp3) is 0.462. The van der Waals surface area contributed by atoms with Crippen molar-refractivity contribution >= 4 is 15.9 Å². The Morgan fingerprint density at radius 1 is 1.50 bits per heavy atom. The summed E-state index contributed by atoms with van der Waals surface area (Å²) in [7, 11) is 1.97. The van der Waals surface area contributed by atoms with Gasteiger partial charge in [0.2, 0.25) is 0 Å². The number of halogens is 1. The molecule has 2 rings (SSSR count). The number of furan rings is 1. The van der Waals surface area contributed by atoms with Crippen molar-refractivity contribution in [1.29, 1.82) is 0 Å². The molecule has 5 heteroatoms. The Hall–Kier alpha value is -1.07. The van der Waals surface area contributed by atoms with Crippen LogP contribution in [0.15, 0.2) is 27.3 Å². The number of nitrogens with zero attached hydrogens (tertiary/aromatic N) is 2. The minimum atomic E-state index is 0.0252. The van der Waals surface area contributed by atoms with Crippen molar-refractivity contribution in [1.82, 2.24) is 15.1 Å². The normalized spacial score (nSPS) is 12.9. The number of rotatable bonds is 5. The van der Waals surface area contributed by atoms with Gasteiger partial charge >= 0.3 is 0 Å². The molecule has 0 amide bonds. The van der Waals surface area contributed by atoms with Gasteiger partial charge in [0, 0.05) is 7.05 Å². The molecule has 98 valence electrons. The molecule has 0 saturated carbocycles. The average molecular weight is 312 g/mol. The van der Waals surface area contributed by atoms with Crippen LogP contribution in [-0.2, 0) is 13.5 Å². The summed E-state index contributed by atoms with van der Waals surface area (Å²) in [6, 6.07) is 4.07. The molecule has 2 heterocycles. The van der Waals surface area contributed by atoms with Gasteiger partial charge in [0.05, 0.1) is 22.1 Å². The van der Waals surface area contributed by atoms with Gasteiger partial charge in [-0.2, -0.15) is 5.10 Å². The molecule has 1 atom stereocenters. The third-order valence-corrected chi connectivity index (χ3v) is 3.59. The van der Waals surface area contributed by atoms with E-state index in [-0.39, 0.29) is 6.04 Å². The van der Waals surface area contributed by atoms with Crippen LogP contribution in [0.3, 0.4) is 0 Å². The first-order chi connectivity index (χ1) is 8.67. The van der Waals surface area contributed by atoms with Crippen molar-refractivity contribution in [3.63, 3.8) is 0 Å². The molecule has 0 bridgehead atoms. The summed E-state index contributed by atoms with van der Waals surface area (Å²) in [5, 5.41) is 7.93. The lowest BCUT2D eigenvalue weighted by molar-refractivity contribution is 0.435. The van der Waals surface area contributed by atoms with Gasteiger partial charge in [0.25, 0.3) is 0 Å². The predicted octanol–water partition coefficient (Wildman–Crippen LogP) is 3.04. The summed E-state index contributed by atoms with van der Waals surface area (Å²) in [6.45, 7) is 5.06. The van der Waals surface area contributed by atoms with Crippen molar-refractivity contribution in [3.05, 3.63) is 40.0 Å². The molecular formula is C13H18BrN3O. The molecule has 4 nitrogen and oxygen atoms in total. The summed E-state index contributed by atoms with van der Waals surface area (Å²) in [5.41, 5.74) is 2.21. The second-order valence-electron chi connectivity index (χ2n) is 4.16. The maximum atomic E-state index is 5.58. The Bertz CT molecular complexity index is 518. The second-order valence-corrected chi connectivity index (χ2v) is 5.02. The van der Waals surface area contributed by atoms with Crippen molar-refractivity contribution in [2.24, 2.45) is 7.05 Å². The van der Waals surface area contributed by atoms with Gasteiger partial charge in [-0.3, -0.25) is 4.68 Å². The number of aryl methyl sites for hydroxylation is 2. The number of aromatic nitrogens is 2. The standard InChI is InChI=1S/C13H18BrN3O/c1-4-9-8-11(17(3)16-9)12(15-5-2)13-10(14)6-7-18-13/h6-8,12,15H,4-5H2,1-3H3. The molecule has 1 N–H and O–H groups in total. The zero-order valence-corrected chi connectivity index (χ0v) is 12.5. The van der Waals surface area contributed by atoms with Crippen LogP contribution in [0.2, 0.25) is 0 Å². The molecule has 0 aliphatic rings. The van der Waals surface area contributed by atoms with Gasteiger partial charge in [0.1, 0.15) is 11.8 Å². The zero-order chi connectivity index (χ0) is 13.1. The van der Waals surface area contributed by atoms with E-state index >= 15 is 0 Å². The maximum Gasteiger partial charge on any atom is 0.140 e. The topological polar surface area (TPSA) is 43.0 Å². The van der Waals surface area contributed by atoms with Crippen molar-refractivity contribution in [3.8, 4) is 0 Å². The minimum Gasteiger partial charge on any atom is -0.466 e. The second kappa shape index (κ2) is 5.71. The Kier molecular flexibility index (Phi) is 4.24. The van der Waals surface area contributed by atoms with E-state index in [1.54, 1.807) is 6.26 Å². The van der Waals surface area contributed by atoms with Crippen LogP contribution in [0.25, 0.3) is 0 Å². The molecule has 2 aromatic rings. The van der Waals surface area contributed by atoms with E-state index in [0.717, 1.165) is 34.6 Å². The fourth-order valence-electron chi connectivity index (χ4n) is 2.03. The van der Waals surface area contributed by atoms with E-state index in [4.69, 9.17) is 4.42 Å². The highest BCUT2D eigenvalue weighted by Crippen LogP contribution is 2.29. The molecule has 2 aromatic heterocycles. The molecule has 0 aromatic carbocycles. The third kappa shape index (κ3) is 2.52. The monoisotopic (exact) mass is 311 g/mol. The van der Waals surface area contributed by atoms with Gasteiger partial charge < -0.3 is 9.73 Å². The number of hydrogen-bond acceptors (Lipinski definition) is 3. The van der Waals surface area contributed by atoms with Crippen molar-refractivity contribution in [2.75, 3.05) is 6.54 Å². The van der Waals surface area contributed by atoms with Crippen molar-refractivity contribution in [2.45, 2.75) is 26.3 Å². The number of nitrogens with one attached hydrogen (secondary N) is 1. The van der Waals surface area contributed by atoms with Gasteiger partial charge in [-0.15, -0.1) is 0 Å². The molecule has 0 saturated heterocycles. The van der Waals surface area contributed by atoms with Crippen molar-refractivity contribution < 1.29 is 4.42 Å². The quantitative estimate of drug-likeness (QED) is 0.923. The minimum absolute atomic E-state index is 0.0252. The van der Waals surface area contributed by atoms with E-state index in [1.807, 2.05) is 17.8 Å². The fourth-order valence-corrected chi connectivity index (χ4v) is 2.46. The highest BCUT2D eigenvalue weighted by Gasteiger charge is 2.22. The van der Waals surface area contributed by atoms with E-state index in [1.165, 1.54) is 0 Å². The molecule has 0 aliphatic carbocycles. The lowest BCUT2D eigenvalue weighted by Gasteiger charge is -2.16. The lowest BCUT2D eigenvalue weighted by Crippen LogP contribution is -2.24. The molecule has 18 heavy (non-hydrogen) atoms. The van der Waals surface area contributed by atoms with E-state index in [2.05, 4.69) is 46.3 Å². The van der Waals surface area contributed by atoms with Crippen LogP contribution in [-0.4, -0.2) is 16.3 Å². The van der Waals surface area contributed by atoms with Gasteiger partial charge in [-0.1, -0.05) is 13.8 Å². The van der Waals surface area contributed by atoms with Gasteiger partial charge in [-0.25, -0.2) is 0 Å². The Labute approximate surface area is 115 Å². The van der Waals surface area contributed by atoms with Crippen LogP contribution in [0, 0.1) is 0 Å². The predicted molar refractivity (Wildman–Crippen MR) is 74.5 cm³/mol. The third-order valence-electron chi connectivity index (χ3n) is 2.94. The lowest BCUT2D eigenvalue weighted by atomic mass is 10.1. The van der Waals surface area contributed by atoms with E-state index in [9.17, 15) is 0 Å². The Morgan fingerprint density at radius 3 is 2.78 bits per heavy atom. The number of hydrogen-bond donors (Lipinski definition) is 1. The molecule has 0 spiro atoms. The summed E-state index contributed by atoms with van der Waals surface area (Å²) in [4.78, 5) is 0. The SMILES string of the molecule is CCNC(c1occc1Br)c1cc(CC)nn1C. The van der Waals surface area contributed by atoms with Crippen LogP contribution in [0.1, 0.15) is 37.0 Å². The maximum absolute atomic E-state index is 5.58. The Balaban J connectivity index is 2.41. The van der Waals surface area contributed by atoms with Crippen LogP contribution < -0.4 is 5.32 Å².